The Kier molecular flexibility index (Phi) is 7.04. The van der Waals surface area contributed by atoms with Gasteiger partial charge in [0.25, 0.3) is 0 Å². The molecule has 3 N–H and O–H groups in total. The summed E-state index contributed by atoms with van der Waals surface area (Å²) >= 11 is 0. The Morgan fingerprint density at radius 2 is 1.84 bits per heavy atom. The summed E-state index contributed by atoms with van der Waals surface area (Å²) in [5, 5.41) is 2.62. The average Bonchev–Trinajstić information content (AvgIpc) is 2.36. The fourth-order valence-corrected chi connectivity index (χ4v) is 2.34. The van der Waals surface area contributed by atoms with Crippen molar-refractivity contribution < 1.29 is 13.2 Å². The van der Waals surface area contributed by atoms with Crippen LogP contribution >= 0.6 is 12.4 Å². The van der Waals surface area contributed by atoms with Gasteiger partial charge < -0.3 is 11.1 Å². The van der Waals surface area contributed by atoms with E-state index in [0.29, 0.717) is 11.4 Å². The van der Waals surface area contributed by atoms with Gasteiger partial charge in [-0.2, -0.15) is 0 Å². The number of hydrogen-bond acceptors (Lipinski definition) is 4. The van der Waals surface area contributed by atoms with Gasteiger partial charge >= 0.3 is 0 Å². The first-order chi connectivity index (χ1) is 8.36. The molecule has 0 saturated heterocycles. The molecule has 0 heterocycles. The quantitative estimate of drug-likeness (QED) is 0.850. The topological polar surface area (TPSA) is 89.3 Å². The minimum Gasteiger partial charge on any atom is -0.354 e. The summed E-state index contributed by atoms with van der Waals surface area (Å²) in [7, 11) is -3.18. The standard InChI is InChI=1S/C12H18N2O3S.ClH/c1-3-18(16,17)11-6-4-10(5-7-11)12(13)8-14-9(2)15;/h4-7,12H,3,8,13H2,1-2H3,(H,14,15);1H/t12-;/m0./s1. The molecule has 1 rings (SSSR count). The molecule has 108 valence electrons. The van der Waals surface area contributed by atoms with Gasteiger partial charge in [0.05, 0.1) is 10.6 Å². The van der Waals surface area contributed by atoms with Gasteiger partial charge in [-0.05, 0) is 17.7 Å². The van der Waals surface area contributed by atoms with E-state index in [0.717, 1.165) is 5.56 Å². The molecule has 0 bridgehead atoms. The van der Waals surface area contributed by atoms with Gasteiger partial charge in [0.1, 0.15) is 0 Å². The van der Waals surface area contributed by atoms with Crippen LogP contribution in [-0.4, -0.2) is 26.6 Å². The molecule has 0 spiro atoms. The molecule has 0 aliphatic carbocycles. The maximum absolute atomic E-state index is 11.6. The minimum absolute atomic E-state index is 0. The van der Waals surface area contributed by atoms with Gasteiger partial charge in [0.2, 0.25) is 5.91 Å². The van der Waals surface area contributed by atoms with E-state index in [2.05, 4.69) is 5.32 Å². The molecule has 19 heavy (non-hydrogen) atoms. The number of hydrogen-bond donors (Lipinski definition) is 2. The molecule has 0 saturated carbocycles. The predicted molar refractivity (Wildman–Crippen MR) is 77.0 cm³/mol. The molecule has 1 amide bonds. The van der Waals surface area contributed by atoms with Crippen LogP contribution in [0.1, 0.15) is 25.5 Å². The van der Waals surface area contributed by atoms with Crippen molar-refractivity contribution in [1.29, 1.82) is 0 Å². The van der Waals surface area contributed by atoms with Crippen molar-refractivity contribution in [3.8, 4) is 0 Å². The number of halogens is 1. The van der Waals surface area contributed by atoms with Crippen LogP contribution in [0.15, 0.2) is 29.2 Å². The molecule has 1 aromatic carbocycles. The van der Waals surface area contributed by atoms with Gasteiger partial charge in [-0.3, -0.25) is 4.79 Å². The molecular weight excluding hydrogens is 288 g/mol. The molecule has 0 radical (unpaired) electrons. The summed E-state index contributed by atoms with van der Waals surface area (Å²) < 4.78 is 23.2. The molecule has 0 aliphatic rings. The van der Waals surface area contributed by atoms with Gasteiger partial charge in [-0.15, -0.1) is 12.4 Å². The molecular formula is C12H19ClN2O3S. The number of nitrogens with one attached hydrogen (secondary N) is 1. The summed E-state index contributed by atoms with van der Waals surface area (Å²) in [5.41, 5.74) is 6.66. The van der Waals surface area contributed by atoms with Crippen LogP contribution in [0, 0.1) is 0 Å². The van der Waals surface area contributed by atoms with Gasteiger partial charge in [-0.25, -0.2) is 8.42 Å². The number of rotatable bonds is 5. The molecule has 0 aromatic heterocycles. The average molecular weight is 307 g/mol. The maximum Gasteiger partial charge on any atom is 0.216 e. The molecule has 0 unspecified atom stereocenters. The smallest absolute Gasteiger partial charge is 0.216 e. The summed E-state index contributed by atoms with van der Waals surface area (Å²) in [6.45, 7) is 3.35. The number of carbonyl (C=O) groups excluding carboxylic acids is 1. The van der Waals surface area contributed by atoms with E-state index in [4.69, 9.17) is 5.73 Å². The van der Waals surface area contributed by atoms with Crippen molar-refractivity contribution >= 4 is 28.2 Å². The normalized spacial score (nSPS) is 12.4. The van der Waals surface area contributed by atoms with Gasteiger partial charge in [0.15, 0.2) is 9.84 Å². The van der Waals surface area contributed by atoms with Crippen molar-refractivity contribution in [2.45, 2.75) is 24.8 Å². The summed E-state index contributed by atoms with van der Waals surface area (Å²) in [6.07, 6.45) is 0. The largest absolute Gasteiger partial charge is 0.354 e. The second-order valence-corrected chi connectivity index (χ2v) is 6.29. The van der Waals surface area contributed by atoms with E-state index in [9.17, 15) is 13.2 Å². The van der Waals surface area contributed by atoms with Crippen molar-refractivity contribution in [2.24, 2.45) is 5.73 Å². The second kappa shape index (κ2) is 7.47. The number of sulfone groups is 1. The van der Waals surface area contributed by atoms with Crippen molar-refractivity contribution in [2.75, 3.05) is 12.3 Å². The van der Waals surface area contributed by atoms with Gasteiger partial charge in [-0.1, -0.05) is 19.1 Å². The zero-order valence-electron chi connectivity index (χ0n) is 10.9. The molecule has 5 nitrogen and oxygen atoms in total. The molecule has 0 fully saturated rings. The fraction of sp³-hybridized carbons (Fsp3) is 0.417. The Balaban J connectivity index is 0.00000324. The van der Waals surface area contributed by atoms with Crippen molar-refractivity contribution in [3.05, 3.63) is 29.8 Å². The SMILES string of the molecule is CCS(=O)(=O)c1ccc([C@@H](N)CNC(C)=O)cc1.Cl. The third kappa shape index (κ3) is 5.18. The lowest BCUT2D eigenvalue weighted by Crippen LogP contribution is -2.30. The van der Waals surface area contributed by atoms with Crippen LogP contribution in [0.25, 0.3) is 0 Å². The Morgan fingerprint density at radius 1 is 1.32 bits per heavy atom. The monoisotopic (exact) mass is 306 g/mol. The molecule has 0 aliphatic heterocycles. The number of carbonyl (C=O) groups is 1. The highest BCUT2D eigenvalue weighted by atomic mass is 35.5. The van der Waals surface area contributed by atoms with E-state index in [1.807, 2.05) is 0 Å². The third-order valence-corrected chi connectivity index (χ3v) is 4.37. The lowest BCUT2D eigenvalue weighted by molar-refractivity contribution is -0.119. The first kappa shape index (κ1) is 17.9. The highest BCUT2D eigenvalue weighted by molar-refractivity contribution is 7.91. The van der Waals surface area contributed by atoms with Crippen molar-refractivity contribution in [3.63, 3.8) is 0 Å². The predicted octanol–water partition coefficient (Wildman–Crippen LogP) is 1.04. The number of nitrogens with two attached hydrogens (primary N) is 1. The Morgan fingerprint density at radius 3 is 2.26 bits per heavy atom. The third-order valence-electron chi connectivity index (χ3n) is 2.62. The first-order valence-electron chi connectivity index (χ1n) is 5.69. The Labute approximate surface area is 119 Å². The Bertz CT molecular complexity index is 514. The first-order valence-corrected chi connectivity index (χ1v) is 7.34. The molecule has 7 heteroatoms. The summed E-state index contributed by atoms with van der Waals surface area (Å²) in [4.78, 5) is 11.1. The van der Waals surface area contributed by atoms with Crippen LogP contribution < -0.4 is 11.1 Å². The Hall–Kier alpha value is -1.11. The highest BCUT2D eigenvalue weighted by Gasteiger charge is 2.12. The summed E-state index contributed by atoms with van der Waals surface area (Å²) in [6, 6.07) is 6.10. The minimum atomic E-state index is -3.18. The van der Waals surface area contributed by atoms with E-state index >= 15 is 0 Å². The summed E-state index contributed by atoms with van der Waals surface area (Å²) in [5.74, 6) is -0.0692. The maximum atomic E-state index is 11.6. The number of benzene rings is 1. The fourth-order valence-electron chi connectivity index (χ4n) is 1.46. The van der Waals surface area contributed by atoms with Crippen LogP contribution in [0.3, 0.4) is 0 Å². The highest BCUT2D eigenvalue weighted by Crippen LogP contribution is 2.15. The zero-order valence-corrected chi connectivity index (χ0v) is 12.6. The zero-order chi connectivity index (χ0) is 13.8. The molecule has 1 atom stereocenters. The van der Waals surface area contributed by atoms with Crippen LogP contribution in [0.5, 0.6) is 0 Å². The lowest BCUT2D eigenvalue weighted by atomic mass is 10.1. The van der Waals surface area contributed by atoms with Gasteiger partial charge in [0, 0.05) is 19.5 Å². The van der Waals surface area contributed by atoms with E-state index in [1.54, 1.807) is 31.2 Å². The van der Waals surface area contributed by atoms with Crippen molar-refractivity contribution in [1.82, 2.24) is 5.32 Å². The second-order valence-electron chi connectivity index (χ2n) is 4.02. The lowest BCUT2D eigenvalue weighted by Gasteiger charge is -2.12. The number of amides is 1. The van der Waals surface area contributed by atoms with Crippen LogP contribution in [0.4, 0.5) is 0 Å². The van der Waals surface area contributed by atoms with E-state index in [-0.39, 0.29) is 30.1 Å². The van der Waals surface area contributed by atoms with Crippen LogP contribution in [0.2, 0.25) is 0 Å². The van der Waals surface area contributed by atoms with Crippen LogP contribution in [-0.2, 0) is 14.6 Å². The van der Waals surface area contributed by atoms with E-state index < -0.39 is 9.84 Å². The molecule has 1 aromatic rings. The van der Waals surface area contributed by atoms with E-state index in [1.165, 1.54) is 6.92 Å².